The Morgan fingerprint density at radius 1 is 1.14 bits per heavy atom. The molecule has 0 radical (unpaired) electrons. The maximum Gasteiger partial charge on any atom is 0.253 e. The number of hydrogen-bond acceptors (Lipinski definition) is 2. The van der Waals surface area contributed by atoms with E-state index in [0.717, 1.165) is 23.4 Å². The molecule has 0 saturated carbocycles. The van der Waals surface area contributed by atoms with Gasteiger partial charge >= 0.3 is 0 Å². The van der Waals surface area contributed by atoms with Crippen molar-refractivity contribution in [1.29, 1.82) is 0 Å². The fourth-order valence-corrected chi connectivity index (χ4v) is 1.87. The Kier molecular flexibility index (Phi) is 2.15. The lowest BCUT2D eigenvalue weighted by atomic mass is 10.0. The van der Waals surface area contributed by atoms with Gasteiger partial charge in [0.15, 0.2) is 0 Å². The zero-order valence-corrected chi connectivity index (χ0v) is 8.48. The predicted octanol–water partition coefficient (Wildman–Crippen LogP) is 1.46. The number of benzene rings is 1. The van der Waals surface area contributed by atoms with Crippen LogP contribution >= 0.6 is 0 Å². The van der Waals surface area contributed by atoms with Crippen molar-refractivity contribution in [2.24, 2.45) is 0 Å². The minimum absolute atomic E-state index is 0.0301. The molecule has 1 aliphatic heterocycles. The number of carbonyl (C=O) groups excluding carboxylic acids is 1. The molecule has 0 aliphatic carbocycles. The SMILES string of the molecule is Cc1cc(C)c2c(c1)NCCNC2=O. The summed E-state index contributed by atoms with van der Waals surface area (Å²) in [4.78, 5) is 11.7. The molecule has 2 rings (SSSR count). The average Bonchev–Trinajstić information content (AvgIpc) is 2.27. The highest BCUT2D eigenvalue weighted by molar-refractivity contribution is 6.01. The standard InChI is InChI=1S/C11H14N2O/c1-7-5-8(2)10-9(6-7)12-3-4-13-11(10)14/h5-6,12H,3-4H2,1-2H3,(H,13,14). The first-order valence-corrected chi connectivity index (χ1v) is 4.82. The number of anilines is 1. The summed E-state index contributed by atoms with van der Waals surface area (Å²) in [6.45, 7) is 5.49. The van der Waals surface area contributed by atoms with Crippen LogP contribution in [-0.4, -0.2) is 19.0 Å². The molecule has 3 nitrogen and oxygen atoms in total. The van der Waals surface area contributed by atoms with Crippen LogP contribution in [0, 0.1) is 13.8 Å². The van der Waals surface area contributed by atoms with Crippen molar-refractivity contribution >= 4 is 11.6 Å². The molecule has 1 heterocycles. The van der Waals surface area contributed by atoms with E-state index in [4.69, 9.17) is 0 Å². The van der Waals surface area contributed by atoms with Gasteiger partial charge in [-0.25, -0.2) is 0 Å². The zero-order valence-electron chi connectivity index (χ0n) is 8.48. The largest absolute Gasteiger partial charge is 0.383 e. The van der Waals surface area contributed by atoms with E-state index in [2.05, 4.69) is 10.6 Å². The van der Waals surface area contributed by atoms with Crippen LogP contribution in [0.5, 0.6) is 0 Å². The summed E-state index contributed by atoms with van der Waals surface area (Å²) in [6.07, 6.45) is 0. The van der Waals surface area contributed by atoms with Crippen LogP contribution in [0.2, 0.25) is 0 Å². The lowest BCUT2D eigenvalue weighted by Crippen LogP contribution is -2.25. The summed E-state index contributed by atoms with van der Waals surface area (Å²) >= 11 is 0. The van der Waals surface area contributed by atoms with Gasteiger partial charge in [-0.3, -0.25) is 4.79 Å². The average molecular weight is 190 g/mol. The van der Waals surface area contributed by atoms with Crippen molar-refractivity contribution in [3.63, 3.8) is 0 Å². The van der Waals surface area contributed by atoms with E-state index in [0.29, 0.717) is 6.54 Å². The van der Waals surface area contributed by atoms with Crippen LogP contribution in [0.1, 0.15) is 21.5 Å². The summed E-state index contributed by atoms with van der Waals surface area (Å²) in [5.74, 6) is 0.0301. The maximum atomic E-state index is 11.7. The maximum absolute atomic E-state index is 11.7. The Bertz CT molecular complexity index is 385. The number of rotatable bonds is 0. The number of amides is 1. The van der Waals surface area contributed by atoms with Crippen LogP contribution in [0.4, 0.5) is 5.69 Å². The van der Waals surface area contributed by atoms with Gasteiger partial charge in [0.25, 0.3) is 5.91 Å². The first-order valence-electron chi connectivity index (χ1n) is 4.82. The van der Waals surface area contributed by atoms with Gasteiger partial charge in [-0.05, 0) is 31.0 Å². The van der Waals surface area contributed by atoms with E-state index in [-0.39, 0.29) is 5.91 Å². The Morgan fingerprint density at radius 2 is 1.86 bits per heavy atom. The van der Waals surface area contributed by atoms with Gasteiger partial charge in [-0.2, -0.15) is 0 Å². The zero-order chi connectivity index (χ0) is 10.1. The van der Waals surface area contributed by atoms with Gasteiger partial charge in [0.2, 0.25) is 0 Å². The highest BCUT2D eigenvalue weighted by Crippen LogP contribution is 2.22. The molecule has 0 unspecified atom stereocenters. The van der Waals surface area contributed by atoms with Crippen LogP contribution in [0.25, 0.3) is 0 Å². The van der Waals surface area contributed by atoms with Crippen molar-refractivity contribution in [2.75, 3.05) is 18.4 Å². The monoisotopic (exact) mass is 190 g/mol. The third-order valence-corrected chi connectivity index (χ3v) is 2.43. The highest BCUT2D eigenvalue weighted by Gasteiger charge is 2.16. The van der Waals surface area contributed by atoms with Crippen LogP contribution in [0.15, 0.2) is 12.1 Å². The minimum Gasteiger partial charge on any atom is -0.383 e. The second-order valence-corrected chi connectivity index (χ2v) is 3.69. The van der Waals surface area contributed by atoms with E-state index in [1.807, 2.05) is 26.0 Å². The Labute approximate surface area is 83.5 Å². The van der Waals surface area contributed by atoms with Crippen LogP contribution < -0.4 is 10.6 Å². The fourth-order valence-electron chi connectivity index (χ4n) is 1.87. The quantitative estimate of drug-likeness (QED) is 0.650. The van der Waals surface area contributed by atoms with Crippen LogP contribution in [-0.2, 0) is 0 Å². The van der Waals surface area contributed by atoms with Crippen LogP contribution in [0.3, 0.4) is 0 Å². The van der Waals surface area contributed by atoms with Crippen molar-refractivity contribution in [3.8, 4) is 0 Å². The van der Waals surface area contributed by atoms with E-state index >= 15 is 0 Å². The van der Waals surface area contributed by atoms with Gasteiger partial charge in [0, 0.05) is 18.8 Å². The molecule has 1 aliphatic rings. The molecule has 0 atom stereocenters. The van der Waals surface area contributed by atoms with Crippen molar-refractivity contribution in [3.05, 3.63) is 28.8 Å². The number of fused-ring (bicyclic) bond motifs is 1. The molecule has 0 saturated heterocycles. The second kappa shape index (κ2) is 3.33. The summed E-state index contributed by atoms with van der Waals surface area (Å²) in [5.41, 5.74) is 3.96. The van der Waals surface area contributed by atoms with Crippen molar-refractivity contribution < 1.29 is 4.79 Å². The highest BCUT2D eigenvalue weighted by atomic mass is 16.1. The molecule has 74 valence electrons. The first-order chi connectivity index (χ1) is 6.68. The van der Waals surface area contributed by atoms with E-state index in [9.17, 15) is 4.79 Å². The number of hydrogen-bond donors (Lipinski definition) is 2. The fraction of sp³-hybridized carbons (Fsp3) is 0.364. The lowest BCUT2D eigenvalue weighted by Gasteiger charge is -2.10. The first kappa shape index (κ1) is 9.06. The molecule has 1 aromatic rings. The second-order valence-electron chi connectivity index (χ2n) is 3.69. The minimum atomic E-state index is 0.0301. The van der Waals surface area contributed by atoms with E-state index in [1.165, 1.54) is 5.56 Å². The third kappa shape index (κ3) is 1.45. The molecular formula is C11H14N2O. The van der Waals surface area contributed by atoms with Gasteiger partial charge < -0.3 is 10.6 Å². The van der Waals surface area contributed by atoms with Gasteiger partial charge in [-0.1, -0.05) is 6.07 Å². The molecule has 0 aromatic heterocycles. The van der Waals surface area contributed by atoms with Crippen molar-refractivity contribution in [2.45, 2.75) is 13.8 Å². The topological polar surface area (TPSA) is 41.1 Å². The smallest absolute Gasteiger partial charge is 0.253 e. The molecular weight excluding hydrogens is 176 g/mol. The normalized spacial score (nSPS) is 15.1. The van der Waals surface area contributed by atoms with Gasteiger partial charge in [-0.15, -0.1) is 0 Å². The Morgan fingerprint density at radius 3 is 2.64 bits per heavy atom. The predicted molar refractivity (Wildman–Crippen MR) is 56.7 cm³/mol. The molecule has 0 bridgehead atoms. The van der Waals surface area contributed by atoms with Gasteiger partial charge in [0.1, 0.15) is 0 Å². The number of carbonyl (C=O) groups is 1. The molecule has 1 amide bonds. The summed E-state index contributed by atoms with van der Waals surface area (Å²) in [5, 5.41) is 6.11. The number of nitrogens with one attached hydrogen (secondary N) is 2. The van der Waals surface area contributed by atoms with Gasteiger partial charge in [0.05, 0.1) is 5.56 Å². The summed E-state index contributed by atoms with van der Waals surface area (Å²) < 4.78 is 0. The summed E-state index contributed by atoms with van der Waals surface area (Å²) in [7, 11) is 0. The molecule has 3 heteroatoms. The molecule has 2 N–H and O–H groups in total. The Balaban J connectivity index is 2.58. The number of aryl methyl sites for hydroxylation is 2. The van der Waals surface area contributed by atoms with E-state index in [1.54, 1.807) is 0 Å². The van der Waals surface area contributed by atoms with E-state index < -0.39 is 0 Å². The summed E-state index contributed by atoms with van der Waals surface area (Å²) in [6, 6.07) is 4.05. The molecule has 0 spiro atoms. The lowest BCUT2D eigenvalue weighted by molar-refractivity contribution is 0.0957. The Hall–Kier alpha value is -1.51. The third-order valence-electron chi connectivity index (χ3n) is 2.43. The molecule has 1 aromatic carbocycles. The molecule has 14 heavy (non-hydrogen) atoms. The van der Waals surface area contributed by atoms with Crippen molar-refractivity contribution in [1.82, 2.24) is 5.32 Å². The molecule has 0 fully saturated rings.